The Morgan fingerprint density at radius 1 is 1.35 bits per heavy atom. The van der Waals surface area contributed by atoms with Gasteiger partial charge in [0.25, 0.3) is 5.91 Å². The average Bonchev–Trinajstić information content (AvgIpc) is 3.25. The van der Waals surface area contributed by atoms with Crippen molar-refractivity contribution in [1.29, 1.82) is 0 Å². The zero-order valence-electron chi connectivity index (χ0n) is 13.4. The fourth-order valence-electron chi connectivity index (χ4n) is 3.27. The van der Waals surface area contributed by atoms with Gasteiger partial charge in [0, 0.05) is 6.54 Å². The minimum absolute atomic E-state index is 0.102. The fourth-order valence-corrected chi connectivity index (χ4v) is 3.27. The lowest BCUT2D eigenvalue weighted by molar-refractivity contribution is -0.0177. The SMILES string of the molecule is COc1ccc(C(C)(O)C2CCCN2C(=O)c2ccoc2)cc1. The van der Waals surface area contributed by atoms with Crippen LogP contribution in [0.4, 0.5) is 0 Å². The van der Waals surface area contributed by atoms with Gasteiger partial charge in [0.05, 0.1) is 25.0 Å². The van der Waals surface area contributed by atoms with E-state index >= 15 is 0 Å². The highest BCUT2D eigenvalue weighted by molar-refractivity contribution is 5.94. The van der Waals surface area contributed by atoms with Crippen LogP contribution in [0.5, 0.6) is 5.75 Å². The number of hydrogen-bond donors (Lipinski definition) is 1. The first-order chi connectivity index (χ1) is 11.0. The van der Waals surface area contributed by atoms with Crippen molar-refractivity contribution < 1.29 is 19.1 Å². The topological polar surface area (TPSA) is 62.9 Å². The van der Waals surface area contributed by atoms with E-state index in [9.17, 15) is 9.90 Å². The molecule has 1 fully saturated rings. The first-order valence-electron chi connectivity index (χ1n) is 7.74. The number of aliphatic hydroxyl groups is 1. The number of furan rings is 1. The van der Waals surface area contributed by atoms with Crippen molar-refractivity contribution in [2.24, 2.45) is 0 Å². The van der Waals surface area contributed by atoms with Crippen molar-refractivity contribution in [2.45, 2.75) is 31.4 Å². The molecule has 1 aromatic carbocycles. The van der Waals surface area contributed by atoms with Crippen LogP contribution in [0.1, 0.15) is 35.7 Å². The quantitative estimate of drug-likeness (QED) is 0.942. The van der Waals surface area contributed by atoms with Crippen LogP contribution < -0.4 is 4.74 Å². The molecular formula is C18H21NO4. The van der Waals surface area contributed by atoms with Crippen molar-refractivity contribution in [3.8, 4) is 5.75 Å². The smallest absolute Gasteiger partial charge is 0.257 e. The largest absolute Gasteiger partial charge is 0.497 e. The Balaban J connectivity index is 1.86. The van der Waals surface area contributed by atoms with Crippen LogP contribution in [-0.4, -0.2) is 35.6 Å². The molecule has 1 saturated heterocycles. The lowest BCUT2D eigenvalue weighted by Crippen LogP contribution is -2.48. The van der Waals surface area contributed by atoms with Crippen LogP contribution in [0.25, 0.3) is 0 Å². The number of methoxy groups -OCH3 is 1. The number of ether oxygens (including phenoxy) is 1. The van der Waals surface area contributed by atoms with Crippen LogP contribution in [-0.2, 0) is 5.60 Å². The van der Waals surface area contributed by atoms with Crippen LogP contribution in [0, 0.1) is 0 Å². The summed E-state index contributed by atoms with van der Waals surface area (Å²) in [5.41, 5.74) is 0.167. The van der Waals surface area contributed by atoms with E-state index in [1.165, 1.54) is 12.5 Å². The summed E-state index contributed by atoms with van der Waals surface area (Å²) in [7, 11) is 1.61. The Morgan fingerprint density at radius 2 is 2.09 bits per heavy atom. The summed E-state index contributed by atoms with van der Waals surface area (Å²) >= 11 is 0. The summed E-state index contributed by atoms with van der Waals surface area (Å²) in [6.07, 6.45) is 4.57. The van der Waals surface area contributed by atoms with E-state index in [0.29, 0.717) is 12.1 Å². The second-order valence-corrected chi connectivity index (χ2v) is 6.04. The molecular weight excluding hydrogens is 294 g/mol. The number of carbonyl (C=O) groups excluding carboxylic acids is 1. The second-order valence-electron chi connectivity index (χ2n) is 6.04. The standard InChI is InChI=1S/C18H21NO4/c1-18(21,14-5-7-15(22-2)8-6-14)16-4-3-10-19(16)17(20)13-9-11-23-12-13/h5-9,11-12,16,21H,3-4,10H2,1-2H3. The van der Waals surface area contributed by atoms with E-state index in [4.69, 9.17) is 9.15 Å². The van der Waals surface area contributed by atoms with E-state index in [2.05, 4.69) is 0 Å². The molecule has 0 saturated carbocycles. The Hall–Kier alpha value is -2.27. The van der Waals surface area contributed by atoms with E-state index < -0.39 is 5.60 Å². The summed E-state index contributed by atoms with van der Waals surface area (Å²) in [6.45, 7) is 2.40. The van der Waals surface area contributed by atoms with Crippen LogP contribution >= 0.6 is 0 Å². The van der Waals surface area contributed by atoms with Crippen LogP contribution in [0.2, 0.25) is 0 Å². The van der Waals surface area contributed by atoms with Crippen molar-refractivity contribution in [3.63, 3.8) is 0 Å². The van der Waals surface area contributed by atoms with Gasteiger partial charge < -0.3 is 19.2 Å². The lowest BCUT2D eigenvalue weighted by atomic mass is 9.86. The summed E-state index contributed by atoms with van der Waals surface area (Å²) in [5, 5.41) is 11.1. The van der Waals surface area contributed by atoms with Gasteiger partial charge in [-0.3, -0.25) is 4.79 Å². The summed E-state index contributed by atoms with van der Waals surface area (Å²) in [6, 6.07) is 8.72. The van der Waals surface area contributed by atoms with Gasteiger partial charge in [0.2, 0.25) is 0 Å². The fraction of sp³-hybridized carbons (Fsp3) is 0.389. The number of carbonyl (C=O) groups is 1. The van der Waals surface area contributed by atoms with Gasteiger partial charge in [0.15, 0.2) is 0 Å². The molecule has 2 unspecified atom stereocenters. The van der Waals surface area contributed by atoms with E-state index in [0.717, 1.165) is 24.2 Å². The van der Waals surface area contributed by atoms with E-state index in [-0.39, 0.29) is 11.9 Å². The van der Waals surface area contributed by atoms with Gasteiger partial charge in [0.1, 0.15) is 17.6 Å². The highest BCUT2D eigenvalue weighted by atomic mass is 16.5. The predicted octanol–water partition coefficient (Wildman–Crippen LogP) is 2.80. The third kappa shape index (κ3) is 2.84. The number of amides is 1. The van der Waals surface area contributed by atoms with Gasteiger partial charge in [-0.25, -0.2) is 0 Å². The van der Waals surface area contributed by atoms with Gasteiger partial charge in [-0.1, -0.05) is 12.1 Å². The molecule has 23 heavy (non-hydrogen) atoms. The molecule has 122 valence electrons. The first kappa shape index (κ1) is 15.6. The van der Waals surface area contributed by atoms with Gasteiger partial charge in [-0.2, -0.15) is 0 Å². The Bertz CT molecular complexity index is 661. The summed E-state index contributed by atoms with van der Waals surface area (Å²) < 4.78 is 10.2. The predicted molar refractivity (Wildman–Crippen MR) is 85.3 cm³/mol. The Labute approximate surface area is 135 Å². The van der Waals surface area contributed by atoms with Crippen molar-refractivity contribution in [2.75, 3.05) is 13.7 Å². The number of likely N-dealkylation sites (tertiary alicyclic amines) is 1. The Morgan fingerprint density at radius 3 is 2.70 bits per heavy atom. The number of hydrogen-bond acceptors (Lipinski definition) is 4. The highest BCUT2D eigenvalue weighted by Gasteiger charge is 2.42. The number of rotatable bonds is 4. The maximum absolute atomic E-state index is 12.6. The average molecular weight is 315 g/mol. The van der Waals surface area contributed by atoms with E-state index in [1.807, 2.05) is 24.3 Å². The molecule has 5 heteroatoms. The molecule has 1 aromatic heterocycles. The normalized spacial score (nSPS) is 20.3. The van der Waals surface area contributed by atoms with Crippen LogP contribution in [0.3, 0.4) is 0 Å². The molecule has 2 atom stereocenters. The zero-order valence-corrected chi connectivity index (χ0v) is 13.4. The highest BCUT2D eigenvalue weighted by Crippen LogP contribution is 2.36. The summed E-state index contributed by atoms with van der Waals surface area (Å²) in [4.78, 5) is 14.4. The molecule has 3 rings (SSSR count). The Kier molecular flexibility index (Phi) is 4.13. The van der Waals surface area contributed by atoms with Crippen molar-refractivity contribution >= 4 is 5.91 Å². The minimum Gasteiger partial charge on any atom is -0.497 e. The first-order valence-corrected chi connectivity index (χ1v) is 7.74. The molecule has 0 aliphatic carbocycles. The molecule has 1 N–H and O–H groups in total. The summed E-state index contributed by atoms with van der Waals surface area (Å²) in [5.74, 6) is 0.636. The molecule has 1 amide bonds. The second kappa shape index (κ2) is 6.08. The van der Waals surface area contributed by atoms with Crippen LogP contribution in [0.15, 0.2) is 47.3 Å². The van der Waals surface area contributed by atoms with Gasteiger partial charge in [-0.15, -0.1) is 0 Å². The molecule has 1 aliphatic heterocycles. The zero-order chi connectivity index (χ0) is 16.4. The molecule has 2 heterocycles. The molecule has 0 bridgehead atoms. The third-order valence-corrected chi connectivity index (χ3v) is 4.61. The number of nitrogens with zero attached hydrogens (tertiary/aromatic N) is 1. The van der Waals surface area contributed by atoms with Crippen molar-refractivity contribution in [3.05, 3.63) is 54.0 Å². The van der Waals surface area contributed by atoms with Gasteiger partial charge in [-0.05, 0) is 43.5 Å². The molecule has 1 aliphatic rings. The minimum atomic E-state index is -1.12. The molecule has 5 nitrogen and oxygen atoms in total. The number of benzene rings is 1. The van der Waals surface area contributed by atoms with Gasteiger partial charge >= 0.3 is 0 Å². The molecule has 2 aromatic rings. The monoisotopic (exact) mass is 315 g/mol. The maximum Gasteiger partial charge on any atom is 0.257 e. The molecule has 0 spiro atoms. The van der Waals surface area contributed by atoms with Crippen molar-refractivity contribution in [1.82, 2.24) is 4.90 Å². The third-order valence-electron chi connectivity index (χ3n) is 4.61. The lowest BCUT2D eigenvalue weighted by Gasteiger charge is -2.36. The maximum atomic E-state index is 12.6. The molecule has 0 radical (unpaired) electrons. The van der Waals surface area contributed by atoms with E-state index in [1.54, 1.807) is 25.0 Å².